The summed E-state index contributed by atoms with van der Waals surface area (Å²) in [4.78, 5) is 21.4. The van der Waals surface area contributed by atoms with Crippen molar-refractivity contribution in [3.05, 3.63) is 35.0 Å². The highest BCUT2D eigenvalue weighted by molar-refractivity contribution is 6.32. The number of benzene rings is 1. The van der Waals surface area contributed by atoms with Crippen molar-refractivity contribution in [3.8, 4) is 5.75 Å². The summed E-state index contributed by atoms with van der Waals surface area (Å²) >= 11 is 6.14. The molecule has 3 rings (SSSR count). The average molecular weight is 422 g/mol. The number of methoxy groups -OCH3 is 2. The normalized spacial score (nSPS) is 16.4. The molecule has 156 valence electrons. The van der Waals surface area contributed by atoms with Crippen LogP contribution in [0, 0.1) is 0 Å². The number of carbonyl (C=O) groups is 1. The summed E-state index contributed by atoms with van der Waals surface area (Å²) in [6.07, 6.45) is 2.18. The van der Waals surface area contributed by atoms with Gasteiger partial charge in [-0.3, -0.25) is 4.79 Å². The molecule has 2 N–H and O–H groups in total. The molecule has 1 aliphatic heterocycles. The molecule has 1 aliphatic rings. The zero-order valence-electron chi connectivity index (χ0n) is 16.4. The third-order valence-corrected chi connectivity index (χ3v) is 4.71. The molecule has 0 saturated carbocycles. The molecule has 1 saturated heterocycles. The first kappa shape index (κ1) is 21.1. The molecule has 1 amide bonds. The van der Waals surface area contributed by atoms with Gasteiger partial charge in [0.2, 0.25) is 12.4 Å². The Bertz CT molecular complexity index is 838. The molecule has 0 radical (unpaired) electrons. The number of carbonyl (C=O) groups excluding carboxylic acids is 1. The maximum Gasteiger partial charge on any atom is 0.229 e. The van der Waals surface area contributed by atoms with Crippen LogP contribution in [-0.4, -0.2) is 68.3 Å². The molecule has 29 heavy (non-hydrogen) atoms. The van der Waals surface area contributed by atoms with E-state index >= 15 is 0 Å². The Balaban J connectivity index is 1.75. The van der Waals surface area contributed by atoms with E-state index in [0.717, 1.165) is 12.0 Å². The third-order valence-electron chi connectivity index (χ3n) is 4.43. The van der Waals surface area contributed by atoms with Crippen molar-refractivity contribution in [2.45, 2.75) is 6.10 Å². The second-order valence-electron chi connectivity index (χ2n) is 6.35. The number of ether oxygens (including phenoxy) is 3. The lowest BCUT2D eigenvalue weighted by Crippen LogP contribution is -2.37. The summed E-state index contributed by atoms with van der Waals surface area (Å²) in [5.41, 5.74) is 1.63. The van der Waals surface area contributed by atoms with E-state index in [1.54, 1.807) is 19.1 Å². The van der Waals surface area contributed by atoms with Gasteiger partial charge in [-0.1, -0.05) is 17.7 Å². The number of halogens is 1. The quantitative estimate of drug-likeness (QED) is 0.470. The van der Waals surface area contributed by atoms with Gasteiger partial charge in [0.25, 0.3) is 0 Å². The van der Waals surface area contributed by atoms with E-state index in [-0.39, 0.29) is 6.10 Å². The Labute approximate surface area is 174 Å². The van der Waals surface area contributed by atoms with Crippen LogP contribution < -0.4 is 15.4 Å². The van der Waals surface area contributed by atoms with Gasteiger partial charge in [-0.05, 0) is 17.7 Å². The highest BCUT2D eigenvalue weighted by Gasteiger charge is 2.22. The zero-order valence-corrected chi connectivity index (χ0v) is 17.1. The van der Waals surface area contributed by atoms with E-state index in [9.17, 15) is 4.79 Å². The lowest BCUT2D eigenvalue weighted by atomic mass is 10.1. The van der Waals surface area contributed by atoms with E-state index in [0.29, 0.717) is 61.1 Å². The van der Waals surface area contributed by atoms with Crippen LogP contribution in [0.3, 0.4) is 0 Å². The summed E-state index contributed by atoms with van der Waals surface area (Å²) in [7, 11) is 3.21. The van der Waals surface area contributed by atoms with Gasteiger partial charge in [-0.2, -0.15) is 4.98 Å². The number of anilines is 3. The molecule has 1 fully saturated rings. The second kappa shape index (κ2) is 10.2. The molecular formula is C19H24ClN5O4. The third kappa shape index (κ3) is 5.47. The summed E-state index contributed by atoms with van der Waals surface area (Å²) < 4.78 is 16.3. The highest BCUT2D eigenvalue weighted by Crippen LogP contribution is 2.32. The minimum atomic E-state index is -0.194. The van der Waals surface area contributed by atoms with Crippen LogP contribution in [0.5, 0.6) is 5.75 Å². The van der Waals surface area contributed by atoms with E-state index in [4.69, 9.17) is 25.8 Å². The van der Waals surface area contributed by atoms with Gasteiger partial charge in [0, 0.05) is 20.2 Å². The number of nitrogens with zero attached hydrogens (tertiary/aromatic N) is 3. The smallest absolute Gasteiger partial charge is 0.229 e. The summed E-state index contributed by atoms with van der Waals surface area (Å²) in [5.74, 6) is 1.50. The Hall–Kier alpha value is -2.62. The molecular weight excluding hydrogens is 398 g/mol. The van der Waals surface area contributed by atoms with Gasteiger partial charge in [0.05, 0.1) is 38.8 Å². The largest absolute Gasteiger partial charge is 0.495 e. The van der Waals surface area contributed by atoms with Gasteiger partial charge in [-0.25, -0.2) is 4.98 Å². The first-order valence-electron chi connectivity index (χ1n) is 9.16. The number of amides is 1. The predicted molar refractivity (Wildman–Crippen MR) is 110 cm³/mol. The van der Waals surface area contributed by atoms with Gasteiger partial charge in [0.15, 0.2) is 5.82 Å². The van der Waals surface area contributed by atoms with Crippen LogP contribution in [0.25, 0.3) is 0 Å². The van der Waals surface area contributed by atoms with Crippen molar-refractivity contribution in [1.29, 1.82) is 0 Å². The average Bonchev–Trinajstić information content (AvgIpc) is 2.76. The van der Waals surface area contributed by atoms with Crippen LogP contribution in [0.4, 0.5) is 17.5 Å². The molecule has 1 aromatic heterocycles. The molecule has 1 atom stereocenters. The molecule has 10 heteroatoms. The fourth-order valence-electron chi connectivity index (χ4n) is 2.92. The van der Waals surface area contributed by atoms with Crippen molar-refractivity contribution in [1.82, 2.24) is 14.9 Å². The predicted octanol–water partition coefficient (Wildman–Crippen LogP) is 2.47. The van der Waals surface area contributed by atoms with Crippen LogP contribution in [0.1, 0.15) is 11.7 Å². The van der Waals surface area contributed by atoms with Crippen molar-refractivity contribution < 1.29 is 19.0 Å². The minimum absolute atomic E-state index is 0.194. The van der Waals surface area contributed by atoms with E-state index in [1.165, 1.54) is 6.20 Å². The Morgan fingerprint density at radius 2 is 2.28 bits per heavy atom. The standard InChI is InChI=1S/C19H24ClN5O4/c1-27-7-5-21-18-14(20)10-22-19(24-18)23-15-4-3-13(9-16(15)28-2)17-11-25(12-26)6-8-29-17/h3-4,9-10,12,17H,5-8,11H2,1-2H3,(H2,21,22,23,24). The lowest BCUT2D eigenvalue weighted by Gasteiger charge is -2.30. The number of hydrogen-bond donors (Lipinski definition) is 2. The van der Waals surface area contributed by atoms with Crippen LogP contribution in [0.2, 0.25) is 5.02 Å². The maximum atomic E-state index is 11.1. The van der Waals surface area contributed by atoms with Crippen LogP contribution in [-0.2, 0) is 14.3 Å². The van der Waals surface area contributed by atoms with Gasteiger partial charge in [-0.15, -0.1) is 0 Å². The van der Waals surface area contributed by atoms with Gasteiger partial charge < -0.3 is 29.7 Å². The highest BCUT2D eigenvalue weighted by atomic mass is 35.5. The zero-order chi connectivity index (χ0) is 20.6. The summed E-state index contributed by atoms with van der Waals surface area (Å²) in [6.45, 7) is 2.72. The number of nitrogens with one attached hydrogen (secondary N) is 2. The van der Waals surface area contributed by atoms with Crippen LogP contribution >= 0.6 is 11.6 Å². The number of morpholine rings is 1. The number of aromatic nitrogens is 2. The molecule has 1 aromatic carbocycles. The fourth-order valence-corrected chi connectivity index (χ4v) is 3.08. The van der Waals surface area contributed by atoms with E-state index in [2.05, 4.69) is 20.6 Å². The molecule has 0 spiro atoms. The van der Waals surface area contributed by atoms with E-state index < -0.39 is 0 Å². The fraction of sp³-hybridized carbons (Fsp3) is 0.421. The molecule has 1 unspecified atom stereocenters. The SMILES string of the molecule is COCCNc1nc(Nc2ccc(C3CN(C=O)CCO3)cc2OC)ncc1Cl. The number of hydrogen-bond acceptors (Lipinski definition) is 8. The Kier molecular flexibility index (Phi) is 7.45. The molecule has 2 heterocycles. The maximum absolute atomic E-state index is 11.1. The number of rotatable bonds is 9. The van der Waals surface area contributed by atoms with Crippen LogP contribution in [0.15, 0.2) is 24.4 Å². The van der Waals surface area contributed by atoms with Gasteiger partial charge in [0.1, 0.15) is 16.9 Å². The van der Waals surface area contributed by atoms with Gasteiger partial charge >= 0.3 is 0 Å². The van der Waals surface area contributed by atoms with Crippen molar-refractivity contribution in [2.75, 3.05) is 57.7 Å². The first-order chi connectivity index (χ1) is 14.1. The van der Waals surface area contributed by atoms with Crippen molar-refractivity contribution in [3.63, 3.8) is 0 Å². The Morgan fingerprint density at radius 3 is 3.03 bits per heavy atom. The molecule has 0 bridgehead atoms. The monoisotopic (exact) mass is 421 g/mol. The molecule has 0 aliphatic carbocycles. The van der Waals surface area contributed by atoms with Crippen molar-refractivity contribution in [2.24, 2.45) is 0 Å². The van der Waals surface area contributed by atoms with E-state index in [1.807, 2.05) is 18.2 Å². The van der Waals surface area contributed by atoms with Crippen molar-refractivity contribution >= 4 is 35.5 Å². The molecule has 2 aromatic rings. The Morgan fingerprint density at radius 1 is 1.41 bits per heavy atom. The summed E-state index contributed by atoms with van der Waals surface area (Å²) in [5, 5.41) is 6.67. The first-order valence-corrected chi connectivity index (χ1v) is 9.53. The molecule has 9 nitrogen and oxygen atoms in total. The summed E-state index contributed by atoms with van der Waals surface area (Å²) in [6, 6.07) is 5.68. The topological polar surface area (TPSA) is 97.8 Å². The minimum Gasteiger partial charge on any atom is -0.495 e. The lowest BCUT2D eigenvalue weighted by molar-refractivity contribution is -0.125. The second-order valence-corrected chi connectivity index (χ2v) is 6.76.